The van der Waals surface area contributed by atoms with Crippen LogP contribution in [0.5, 0.6) is 0 Å². The molecule has 0 heterocycles. The Morgan fingerprint density at radius 1 is 1.04 bits per heavy atom. The molecule has 2 aromatic carbocycles. The van der Waals surface area contributed by atoms with Crippen LogP contribution in [0.2, 0.25) is 13.1 Å². The molecule has 3 nitrogen and oxygen atoms in total. The van der Waals surface area contributed by atoms with Crippen LogP contribution >= 0.6 is 0 Å². The molecule has 3 rings (SSSR count). The van der Waals surface area contributed by atoms with Crippen molar-refractivity contribution >= 4 is 30.6 Å². The second-order valence-electron chi connectivity index (χ2n) is 6.72. The first-order chi connectivity index (χ1) is 12.0. The van der Waals surface area contributed by atoms with E-state index in [2.05, 4.69) is 13.1 Å². The number of allylic oxidation sites excluding steroid dienone is 1. The highest BCUT2D eigenvalue weighted by Gasteiger charge is 2.40. The number of ketones is 1. The third kappa shape index (κ3) is 3.09. The Labute approximate surface area is 149 Å². The van der Waals surface area contributed by atoms with E-state index < -0.39 is 8.07 Å². The number of esters is 1. The molecular formula is C21H22O3Si. The average molecular weight is 350 g/mol. The van der Waals surface area contributed by atoms with Crippen LogP contribution in [0.1, 0.15) is 18.1 Å². The third-order valence-corrected chi connectivity index (χ3v) is 8.25. The first-order valence-electron chi connectivity index (χ1n) is 8.55. The highest BCUT2D eigenvalue weighted by Crippen LogP contribution is 2.35. The van der Waals surface area contributed by atoms with Gasteiger partial charge in [0.05, 0.1) is 6.61 Å². The van der Waals surface area contributed by atoms with E-state index in [1.165, 1.54) is 0 Å². The van der Waals surface area contributed by atoms with Gasteiger partial charge in [-0.25, -0.2) is 4.79 Å². The van der Waals surface area contributed by atoms with Gasteiger partial charge in [0.15, 0.2) is 5.78 Å². The van der Waals surface area contributed by atoms with Crippen LogP contribution in [0.4, 0.5) is 0 Å². The topological polar surface area (TPSA) is 43.4 Å². The maximum Gasteiger partial charge on any atom is 0.331 e. The predicted octanol–water partition coefficient (Wildman–Crippen LogP) is 3.28. The van der Waals surface area contributed by atoms with E-state index in [0.717, 1.165) is 16.3 Å². The SMILES string of the molecule is CCOC(=O)/C(=C1/C(=O)Cc2ccccc21)[Si](C)(C)c1ccccc1. The Bertz CT molecular complexity index is 850. The monoisotopic (exact) mass is 350 g/mol. The minimum Gasteiger partial charge on any atom is -0.463 e. The Morgan fingerprint density at radius 2 is 1.68 bits per heavy atom. The van der Waals surface area contributed by atoms with E-state index in [1.54, 1.807) is 6.92 Å². The second-order valence-corrected chi connectivity index (χ2v) is 11.0. The minimum absolute atomic E-state index is 0.0146. The maximum atomic E-state index is 12.9. The first kappa shape index (κ1) is 17.4. The largest absolute Gasteiger partial charge is 0.463 e. The van der Waals surface area contributed by atoms with Gasteiger partial charge in [-0.2, -0.15) is 0 Å². The fourth-order valence-corrected chi connectivity index (χ4v) is 6.27. The molecule has 0 unspecified atom stereocenters. The predicted molar refractivity (Wildman–Crippen MR) is 102 cm³/mol. The summed E-state index contributed by atoms with van der Waals surface area (Å²) in [6, 6.07) is 17.7. The van der Waals surface area contributed by atoms with E-state index in [9.17, 15) is 9.59 Å². The molecule has 0 saturated heterocycles. The standard InChI is InChI=1S/C21H22O3Si/c1-4-24-21(23)20(25(2,3)16-11-6-5-7-12-16)19-17-13-9-8-10-15(17)14-18(19)22/h5-13H,4,14H2,1-3H3/b20-19-. The van der Waals surface area contributed by atoms with Crippen LogP contribution in [0.25, 0.3) is 5.57 Å². The van der Waals surface area contributed by atoms with E-state index in [1.807, 2.05) is 54.6 Å². The summed E-state index contributed by atoms with van der Waals surface area (Å²) in [7, 11) is -2.40. The quantitative estimate of drug-likeness (QED) is 0.483. The molecule has 0 spiro atoms. The molecule has 0 aliphatic heterocycles. The van der Waals surface area contributed by atoms with Gasteiger partial charge in [-0.1, -0.05) is 72.9 Å². The van der Waals surface area contributed by atoms with E-state index in [4.69, 9.17) is 4.74 Å². The number of carbonyl (C=O) groups excluding carboxylic acids is 2. The molecule has 0 radical (unpaired) electrons. The Kier molecular flexibility index (Phi) is 4.73. The van der Waals surface area contributed by atoms with Gasteiger partial charge in [-0.15, -0.1) is 0 Å². The molecule has 0 amide bonds. The highest BCUT2D eigenvalue weighted by molar-refractivity contribution is 7.00. The summed E-state index contributed by atoms with van der Waals surface area (Å²) < 4.78 is 5.37. The number of Topliss-reactive ketones (excluding diaryl/α,β-unsaturated/α-hetero) is 1. The van der Waals surface area contributed by atoms with Gasteiger partial charge in [0, 0.05) is 17.2 Å². The van der Waals surface area contributed by atoms with Crippen LogP contribution in [0.3, 0.4) is 0 Å². The lowest BCUT2D eigenvalue weighted by Crippen LogP contribution is -2.47. The number of carbonyl (C=O) groups is 2. The number of hydrogen-bond donors (Lipinski definition) is 0. The lowest BCUT2D eigenvalue weighted by atomic mass is 10.1. The fraction of sp³-hybridized carbons (Fsp3) is 0.238. The molecule has 0 fully saturated rings. The normalized spacial score (nSPS) is 15.7. The summed E-state index contributed by atoms with van der Waals surface area (Å²) in [6.45, 7) is 6.30. The van der Waals surface area contributed by atoms with Crippen molar-refractivity contribution in [1.82, 2.24) is 0 Å². The van der Waals surface area contributed by atoms with Crippen LogP contribution in [0, 0.1) is 0 Å². The molecule has 0 aromatic heterocycles. The van der Waals surface area contributed by atoms with Crippen molar-refractivity contribution in [3.05, 3.63) is 70.9 Å². The van der Waals surface area contributed by atoms with Gasteiger partial charge < -0.3 is 4.74 Å². The van der Waals surface area contributed by atoms with Gasteiger partial charge in [-0.05, 0) is 18.1 Å². The zero-order valence-corrected chi connectivity index (χ0v) is 15.8. The second kappa shape index (κ2) is 6.80. The molecule has 0 saturated carbocycles. The van der Waals surface area contributed by atoms with Crippen LogP contribution in [0.15, 0.2) is 59.8 Å². The molecule has 2 aromatic rings. The minimum atomic E-state index is -2.40. The molecule has 0 N–H and O–H groups in total. The Balaban J connectivity index is 2.27. The summed E-state index contributed by atoms with van der Waals surface area (Å²) >= 11 is 0. The van der Waals surface area contributed by atoms with Crippen molar-refractivity contribution in [2.45, 2.75) is 26.4 Å². The molecule has 4 heteroatoms. The van der Waals surface area contributed by atoms with Crippen molar-refractivity contribution in [2.24, 2.45) is 0 Å². The number of rotatable bonds is 4. The van der Waals surface area contributed by atoms with E-state index in [-0.39, 0.29) is 11.8 Å². The fourth-order valence-electron chi connectivity index (χ4n) is 3.48. The summed E-state index contributed by atoms with van der Waals surface area (Å²) in [5.74, 6) is -0.344. The van der Waals surface area contributed by atoms with Crippen molar-refractivity contribution in [3.8, 4) is 0 Å². The van der Waals surface area contributed by atoms with Gasteiger partial charge in [0.25, 0.3) is 0 Å². The molecule has 0 bridgehead atoms. The molecule has 0 atom stereocenters. The zero-order chi connectivity index (χ0) is 18.0. The highest BCUT2D eigenvalue weighted by atomic mass is 28.3. The van der Waals surface area contributed by atoms with Crippen molar-refractivity contribution in [1.29, 1.82) is 0 Å². The lowest BCUT2D eigenvalue weighted by Gasteiger charge is -2.27. The van der Waals surface area contributed by atoms with Gasteiger partial charge >= 0.3 is 5.97 Å². The number of ether oxygens (including phenoxy) is 1. The molecule has 1 aliphatic rings. The van der Waals surface area contributed by atoms with Crippen molar-refractivity contribution in [2.75, 3.05) is 6.61 Å². The number of hydrogen-bond acceptors (Lipinski definition) is 3. The van der Waals surface area contributed by atoms with Crippen LogP contribution in [-0.2, 0) is 20.7 Å². The summed E-state index contributed by atoms with van der Waals surface area (Å²) in [4.78, 5) is 25.7. The first-order valence-corrected chi connectivity index (χ1v) is 11.6. The van der Waals surface area contributed by atoms with Crippen molar-refractivity contribution < 1.29 is 14.3 Å². The summed E-state index contributed by atoms with van der Waals surface area (Å²) in [5.41, 5.74) is 2.43. The van der Waals surface area contributed by atoms with Gasteiger partial charge in [-0.3, -0.25) is 4.79 Å². The number of fused-ring (bicyclic) bond motifs is 1. The summed E-state index contributed by atoms with van der Waals surface area (Å²) in [5, 5.41) is 1.69. The average Bonchev–Trinajstić information content (AvgIpc) is 2.92. The lowest BCUT2D eigenvalue weighted by molar-refractivity contribution is -0.137. The number of benzene rings is 2. The van der Waals surface area contributed by atoms with Crippen LogP contribution in [-0.4, -0.2) is 26.4 Å². The van der Waals surface area contributed by atoms with Crippen LogP contribution < -0.4 is 5.19 Å². The Hall–Kier alpha value is -2.46. The zero-order valence-electron chi connectivity index (χ0n) is 14.8. The smallest absolute Gasteiger partial charge is 0.331 e. The van der Waals surface area contributed by atoms with E-state index in [0.29, 0.717) is 23.8 Å². The van der Waals surface area contributed by atoms with Gasteiger partial charge in [0.1, 0.15) is 8.07 Å². The molecule has 1 aliphatic carbocycles. The molecular weight excluding hydrogens is 328 g/mol. The molecule has 128 valence electrons. The maximum absolute atomic E-state index is 12.9. The van der Waals surface area contributed by atoms with Gasteiger partial charge in [0.2, 0.25) is 0 Å². The Morgan fingerprint density at radius 3 is 2.36 bits per heavy atom. The third-order valence-electron chi connectivity index (χ3n) is 4.77. The van der Waals surface area contributed by atoms with E-state index >= 15 is 0 Å². The summed E-state index contributed by atoms with van der Waals surface area (Å²) in [6.07, 6.45) is 0.355. The van der Waals surface area contributed by atoms with Crippen molar-refractivity contribution in [3.63, 3.8) is 0 Å². The molecule has 25 heavy (non-hydrogen) atoms.